The van der Waals surface area contributed by atoms with Crippen LogP contribution in [0.2, 0.25) is 0 Å². The molecule has 2 aliphatic rings. The zero-order valence-electron chi connectivity index (χ0n) is 11.7. The van der Waals surface area contributed by atoms with Crippen LogP contribution in [-0.4, -0.2) is 34.8 Å². The third-order valence-corrected chi connectivity index (χ3v) is 5.79. The lowest BCUT2D eigenvalue weighted by molar-refractivity contribution is 0.0464. The number of nitrogens with zero attached hydrogens (tertiary/aromatic N) is 3. The first kappa shape index (κ1) is 12.5. The largest absolute Gasteiger partial charge is 0.393 e. The van der Waals surface area contributed by atoms with Crippen molar-refractivity contribution in [2.45, 2.75) is 38.2 Å². The van der Waals surface area contributed by atoms with Crippen molar-refractivity contribution in [1.82, 2.24) is 9.97 Å². The molecule has 4 rings (SSSR count). The zero-order valence-corrected chi connectivity index (χ0v) is 12.5. The Labute approximate surface area is 122 Å². The molecule has 1 fully saturated rings. The average Bonchev–Trinajstić information content (AvgIpc) is 2.96. The van der Waals surface area contributed by atoms with E-state index in [1.807, 2.05) is 11.3 Å². The van der Waals surface area contributed by atoms with Crippen molar-refractivity contribution in [2.75, 3.05) is 18.5 Å². The molecule has 0 unspecified atom stereocenters. The molecule has 0 atom stereocenters. The summed E-state index contributed by atoms with van der Waals surface area (Å²) in [7, 11) is 2.12. The van der Waals surface area contributed by atoms with Crippen LogP contribution < -0.4 is 4.90 Å². The Balaban J connectivity index is 1.68. The maximum Gasteiger partial charge on any atom is 0.140 e. The van der Waals surface area contributed by atoms with Gasteiger partial charge in [0.25, 0.3) is 0 Å². The number of anilines is 1. The molecular weight excluding hydrogens is 270 g/mol. The second-order valence-electron chi connectivity index (χ2n) is 6.11. The van der Waals surface area contributed by atoms with Crippen LogP contribution in [0, 0.1) is 5.92 Å². The third-order valence-electron chi connectivity index (χ3n) is 4.59. The summed E-state index contributed by atoms with van der Waals surface area (Å²) in [4.78, 5) is 13.9. The molecule has 0 radical (unpaired) electrons. The fraction of sp³-hybridized carbons (Fsp3) is 0.600. The lowest BCUT2D eigenvalue weighted by Crippen LogP contribution is -2.37. The second kappa shape index (κ2) is 4.67. The molecule has 106 valence electrons. The van der Waals surface area contributed by atoms with Crippen molar-refractivity contribution in [2.24, 2.45) is 5.92 Å². The van der Waals surface area contributed by atoms with Gasteiger partial charge in [-0.25, -0.2) is 9.97 Å². The van der Waals surface area contributed by atoms with E-state index in [0.717, 1.165) is 30.0 Å². The molecular formula is C15H19N3OS. The highest BCUT2D eigenvalue weighted by Crippen LogP contribution is 2.40. The van der Waals surface area contributed by atoms with E-state index in [1.165, 1.54) is 35.1 Å². The SMILES string of the molecule is CN(CC1CC(O)C1)c1ncnc2sc3c(c12)CCC3. The molecule has 0 spiro atoms. The van der Waals surface area contributed by atoms with Gasteiger partial charge in [-0.15, -0.1) is 11.3 Å². The van der Waals surface area contributed by atoms with Crippen molar-refractivity contribution >= 4 is 27.4 Å². The van der Waals surface area contributed by atoms with Crippen LogP contribution in [0.3, 0.4) is 0 Å². The second-order valence-corrected chi connectivity index (χ2v) is 7.19. The smallest absolute Gasteiger partial charge is 0.140 e. The fourth-order valence-corrected chi connectivity index (χ4v) is 4.75. The van der Waals surface area contributed by atoms with Crippen molar-refractivity contribution in [3.63, 3.8) is 0 Å². The summed E-state index contributed by atoms with van der Waals surface area (Å²) in [6.07, 6.45) is 7.12. The van der Waals surface area contributed by atoms with Crippen LogP contribution >= 0.6 is 11.3 Å². The molecule has 2 aliphatic carbocycles. The number of rotatable bonds is 3. The van der Waals surface area contributed by atoms with E-state index in [4.69, 9.17) is 0 Å². The normalized spacial score (nSPS) is 24.7. The lowest BCUT2D eigenvalue weighted by Gasteiger charge is -2.35. The highest BCUT2D eigenvalue weighted by atomic mass is 32.1. The van der Waals surface area contributed by atoms with Crippen LogP contribution in [0.4, 0.5) is 5.82 Å². The molecule has 2 heterocycles. The Hall–Kier alpha value is -1.20. The first-order chi connectivity index (χ1) is 9.72. The fourth-order valence-electron chi connectivity index (χ4n) is 3.52. The maximum atomic E-state index is 9.42. The zero-order chi connectivity index (χ0) is 13.7. The van der Waals surface area contributed by atoms with E-state index in [0.29, 0.717) is 5.92 Å². The molecule has 5 heteroatoms. The molecule has 0 amide bonds. The van der Waals surface area contributed by atoms with Crippen LogP contribution in [-0.2, 0) is 12.8 Å². The number of aliphatic hydroxyl groups is 1. The lowest BCUT2D eigenvalue weighted by atomic mass is 9.82. The molecule has 0 aromatic carbocycles. The van der Waals surface area contributed by atoms with Crippen LogP contribution in [0.1, 0.15) is 29.7 Å². The summed E-state index contributed by atoms with van der Waals surface area (Å²) in [5.74, 6) is 1.68. The van der Waals surface area contributed by atoms with E-state index >= 15 is 0 Å². The van der Waals surface area contributed by atoms with Gasteiger partial charge in [0.2, 0.25) is 0 Å². The average molecular weight is 289 g/mol. The van der Waals surface area contributed by atoms with Gasteiger partial charge in [-0.2, -0.15) is 0 Å². The molecule has 1 N–H and O–H groups in total. The Bertz CT molecular complexity index is 648. The summed E-state index contributed by atoms with van der Waals surface area (Å²) >= 11 is 1.84. The van der Waals surface area contributed by atoms with Crippen molar-refractivity contribution < 1.29 is 5.11 Å². The number of aromatic nitrogens is 2. The number of hydrogen-bond acceptors (Lipinski definition) is 5. The summed E-state index contributed by atoms with van der Waals surface area (Å²) in [5.41, 5.74) is 1.49. The van der Waals surface area contributed by atoms with E-state index in [-0.39, 0.29) is 6.10 Å². The first-order valence-electron chi connectivity index (χ1n) is 7.37. The molecule has 20 heavy (non-hydrogen) atoms. The molecule has 0 saturated heterocycles. The molecule has 0 bridgehead atoms. The van der Waals surface area contributed by atoms with Crippen molar-refractivity contribution in [3.05, 3.63) is 16.8 Å². The standard InChI is InChI=1S/C15H19N3OS/c1-18(7-9-5-10(19)6-9)14-13-11-3-2-4-12(11)20-15(13)17-8-16-14/h8-10,19H,2-7H2,1H3. The molecule has 4 nitrogen and oxygen atoms in total. The van der Waals surface area contributed by atoms with Crippen LogP contribution in [0.15, 0.2) is 6.33 Å². The van der Waals surface area contributed by atoms with Gasteiger partial charge in [0.1, 0.15) is 17.0 Å². The summed E-state index contributed by atoms with van der Waals surface area (Å²) in [6.45, 7) is 0.980. The first-order valence-corrected chi connectivity index (χ1v) is 8.18. The Kier molecular flexibility index (Phi) is 2.93. The van der Waals surface area contributed by atoms with Gasteiger partial charge in [-0.05, 0) is 43.6 Å². The topological polar surface area (TPSA) is 49.2 Å². The molecule has 0 aliphatic heterocycles. The highest BCUT2D eigenvalue weighted by molar-refractivity contribution is 7.19. The van der Waals surface area contributed by atoms with E-state index < -0.39 is 0 Å². The summed E-state index contributed by atoms with van der Waals surface area (Å²) < 4.78 is 0. The molecule has 2 aromatic heterocycles. The van der Waals surface area contributed by atoms with Gasteiger partial charge in [-0.1, -0.05) is 0 Å². The van der Waals surface area contributed by atoms with E-state index in [9.17, 15) is 5.11 Å². The Morgan fingerprint density at radius 2 is 2.20 bits per heavy atom. The Morgan fingerprint density at radius 3 is 3.00 bits per heavy atom. The maximum absolute atomic E-state index is 9.42. The minimum absolute atomic E-state index is 0.0794. The van der Waals surface area contributed by atoms with Gasteiger partial charge in [0.05, 0.1) is 11.5 Å². The monoisotopic (exact) mass is 289 g/mol. The van der Waals surface area contributed by atoms with E-state index in [2.05, 4.69) is 21.9 Å². The molecule has 2 aromatic rings. The predicted octanol–water partition coefficient (Wildman–Crippen LogP) is 2.39. The third kappa shape index (κ3) is 1.91. The number of thiophene rings is 1. The predicted molar refractivity (Wildman–Crippen MR) is 81.4 cm³/mol. The minimum atomic E-state index is -0.0794. The Morgan fingerprint density at radius 1 is 1.35 bits per heavy atom. The number of hydrogen-bond donors (Lipinski definition) is 1. The molecule has 1 saturated carbocycles. The number of fused-ring (bicyclic) bond motifs is 3. The van der Waals surface area contributed by atoms with Crippen molar-refractivity contribution in [3.8, 4) is 0 Å². The van der Waals surface area contributed by atoms with E-state index in [1.54, 1.807) is 6.33 Å². The minimum Gasteiger partial charge on any atom is -0.393 e. The number of aliphatic hydroxyl groups excluding tert-OH is 1. The van der Waals surface area contributed by atoms with Crippen LogP contribution in [0.25, 0.3) is 10.2 Å². The summed E-state index contributed by atoms with van der Waals surface area (Å²) in [6, 6.07) is 0. The van der Waals surface area contributed by atoms with Gasteiger partial charge < -0.3 is 10.0 Å². The van der Waals surface area contributed by atoms with Crippen molar-refractivity contribution in [1.29, 1.82) is 0 Å². The van der Waals surface area contributed by atoms with Gasteiger partial charge in [-0.3, -0.25) is 0 Å². The van der Waals surface area contributed by atoms with Crippen LogP contribution in [0.5, 0.6) is 0 Å². The van der Waals surface area contributed by atoms with Gasteiger partial charge in [0, 0.05) is 18.5 Å². The highest BCUT2D eigenvalue weighted by Gasteiger charge is 2.29. The van der Waals surface area contributed by atoms with Gasteiger partial charge in [0.15, 0.2) is 0 Å². The summed E-state index contributed by atoms with van der Waals surface area (Å²) in [5, 5.41) is 10.7. The van der Waals surface area contributed by atoms with Gasteiger partial charge >= 0.3 is 0 Å². The number of aryl methyl sites for hydroxylation is 2. The quantitative estimate of drug-likeness (QED) is 0.942.